The van der Waals surface area contributed by atoms with Crippen molar-refractivity contribution >= 4 is 34.7 Å². The first-order valence-electron chi connectivity index (χ1n) is 7.00. The van der Waals surface area contributed by atoms with Gasteiger partial charge in [-0.3, -0.25) is 0 Å². The van der Waals surface area contributed by atoms with E-state index in [1.54, 1.807) is 24.3 Å². The van der Waals surface area contributed by atoms with Gasteiger partial charge in [-0.1, -0.05) is 29.8 Å². The molecule has 0 radical (unpaired) electrons. The minimum atomic E-state index is -0.310. The molecule has 3 aromatic rings. The molecule has 23 heavy (non-hydrogen) atoms. The van der Waals surface area contributed by atoms with Crippen molar-refractivity contribution in [2.24, 2.45) is 0 Å². The van der Waals surface area contributed by atoms with E-state index in [1.165, 1.54) is 12.1 Å². The molecule has 0 atom stereocenters. The summed E-state index contributed by atoms with van der Waals surface area (Å²) in [5, 5.41) is 6.73. The fourth-order valence-corrected chi connectivity index (χ4v) is 2.27. The van der Waals surface area contributed by atoms with Crippen LogP contribution < -0.4 is 10.6 Å². The molecule has 1 heterocycles. The molecule has 0 aliphatic carbocycles. The predicted octanol–water partition coefficient (Wildman–Crippen LogP) is 5.06. The zero-order valence-electron chi connectivity index (χ0n) is 12.3. The van der Waals surface area contributed by atoms with Crippen molar-refractivity contribution in [2.75, 3.05) is 10.6 Å². The summed E-state index contributed by atoms with van der Waals surface area (Å²) in [6.07, 6.45) is 0. The Kier molecular flexibility index (Phi) is 4.39. The van der Waals surface area contributed by atoms with E-state index in [9.17, 15) is 4.39 Å². The van der Waals surface area contributed by atoms with E-state index < -0.39 is 0 Å². The van der Waals surface area contributed by atoms with Crippen LogP contribution in [0.3, 0.4) is 0 Å². The van der Waals surface area contributed by atoms with Gasteiger partial charge in [-0.05, 0) is 37.3 Å². The summed E-state index contributed by atoms with van der Waals surface area (Å²) in [4.78, 5) is 8.71. The van der Waals surface area contributed by atoms with E-state index >= 15 is 0 Å². The van der Waals surface area contributed by atoms with Gasteiger partial charge < -0.3 is 10.6 Å². The normalized spacial score (nSPS) is 10.4. The molecule has 0 saturated carbocycles. The molecule has 0 amide bonds. The third-order valence-corrected chi connectivity index (χ3v) is 3.40. The monoisotopic (exact) mass is 328 g/mol. The van der Waals surface area contributed by atoms with E-state index in [0.29, 0.717) is 22.5 Å². The molecule has 6 heteroatoms. The Bertz CT molecular complexity index is 838. The van der Waals surface area contributed by atoms with Gasteiger partial charge >= 0.3 is 0 Å². The van der Waals surface area contributed by atoms with Crippen LogP contribution in [-0.2, 0) is 0 Å². The highest BCUT2D eigenvalue weighted by molar-refractivity contribution is 6.33. The summed E-state index contributed by atoms with van der Waals surface area (Å²) in [6, 6.07) is 15.3. The molecule has 116 valence electrons. The van der Waals surface area contributed by atoms with Gasteiger partial charge in [0.25, 0.3) is 0 Å². The van der Waals surface area contributed by atoms with Gasteiger partial charge in [-0.2, -0.15) is 4.98 Å². The Labute approximate surface area is 138 Å². The van der Waals surface area contributed by atoms with Crippen molar-refractivity contribution < 1.29 is 4.39 Å². The number of aryl methyl sites for hydroxylation is 1. The fraction of sp³-hybridized carbons (Fsp3) is 0.0588. The number of hydrogen-bond acceptors (Lipinski definition) is 4. The number of hydrogen-bond donors (Lipinski definition) is 2. The van der Waals surface area contributed by atoms with Crippen LogP contribution in [0.15, 0.2) is 54.6 Å². The lowest BCUT2D eigenvalue weighted by Gasteiger charge is -2.11. The van der Waals surface area contributed by atoms with E-state index in [4.69, 9.17) is 11.6 Å². The smallest absolute Gasteiger partial charge is 0.229 e. The minimum absolute atomic E-state index is 0.310. The predicted molar refractivity (Wildman–Crippen MR) is 91.2 cm³/mol. The molecule has 1 aromatic heterocycles. The highest BCUT2D eigenvalue weighted by atomic mass is 35.5. The molecule has 2 N–H and O–H groups in total. The first kappa shape index (κ1) is 15.2. The van der Waals surface area contributed by atoms with Gasteiger partial charge in [0.05, 0.1) is 10.7 Å². The second-order valence-electron chi connectivity index (χ2n) is 4.96. The SMILES string of the molecule is Cc1cc(Nc2cccc(F)c2)nc(Nc2ccccc2Cl)n1. The highest BCUT2D eigenvalue weighted by Crippen LogP contribution is 2.24. The van der Waals surface area contributed by atoms with Crippen molar-refractivity contribution in [2.45, 2.75) is 6.92 Å². The summed E-state index contributed by atoms with van der Waals surface area (Å²) in [5.74, 6) is 0.671. The number of nitrogens with one attached hydrogen (secondary N) is 2. The average molecular weight is 329 g/mol. The molecule has 0 aliphatic rings. The van der Waals surface area contributed by atoms with Crippen LogP contribution >= 0.6 is 11.6 Å². The Morgan fingerprint density at radius 3 is 2.57 bits per heavy atom. The van der Waals surface area contributed by atoms with Crippen LogP contribution in [0.5, 0.6) is 0 Å². The van der Waals surface area contributed by atoms with Crippen molar-refractivity contribution in [1.82, 2.24) is 9.97 Å². The Balaban J connectivity index is 1.86. The zero-order chi connectivity index (χ0) is 16.2. The number of para-hydroxylation sites is 1. The molecule has 0 aliphatic heterocycles. The lowest BCUT2D eigenvalue weighted by atomic mass is 10.3. The largest absolute Gasteiger partial charge is 0.340 e. The summed E-state index contributed by atoms with van der Waals surface area (Å²) in [5.41, 5.74) is 2.11. The van der Waals surface area contributed by atoms with Gasteiger partial charge in [-0.15, -0.1) is 0 Å². The van der Waals surface area contributed by atoms with Crippen LogP contribution in [0.25, 0.3) is 0 Å². The topological polar surface area (TPSA) is 49.8 Å². The zero-order valence-corrected chi connectivity index (χ0v) is 13.1. The number of rotatable bonds is 4. The lowest BCUT2D eigenvalue weighted by Crippen LogP contribution is -2.02. The van der Waals surface area contributed by atoms with E-state index in [1.807, 2.05) is 25.1 Å². The van der Waals surface area contributed by atoms with E-state index in [-0.39, 0.29) is 5.82 Å². The number of anilines is 4. The van der Waals surface area contributed by atoms with Gasteiger partial charge in [0.1, 0.15) is 11.6 Å². The Hall–Kier alpha value is -2.66. The molecule has 0 spiro atoms. The maximum Gasteiger partial charge on any atom is 0.229 e. The molecule has 0 bridgehead atoms. The van der Waals surface area contributed by atoms with Crippen LogP contribution in [-0.4, -0.2) is 9.97 Å². The third-order valence-electron chi connectivity index (χ3n) is 3.07. The molecular weight excluding hydrogens is 315 g/mol. The Morgan fingerprint density at radius 1 is 0.957 bits per heavy atom. The second-order valence-corrected chi connectivity index (χ2v) is 5.37. The Morgan fingerprint density at radius 2 is 1.78 bits per heavy atom. The van der Waals surface area contributed by atoms with Crippen LogP contribution in [0, 0.1) is 12.7 Å². The van der Waals surface area contributed by atoms with E-state index in [2.05, 4.69) is 20.6 Å². The molecule has 2 aromatic carbocycles. The molecule has 0 saturated heterocycles. The third kappa shape index (κ3) is 3.96. The maximum atomic E-state index is 13.3. The van der Waals surface area contributed by atoms with Gasteiger partial charge in [0, 0.05) is 17.4 Å². The molecule has 0 fully saturated rings. The molecule has 4 nitrogen and oxygen atoms in total. The summed E-state index contributed by atoms with van der Waals surface area (Å²) < 4.78 is 13.3. The number of halogens is 2. The number of aromatic nitrogens is 2. The van der Waals surface area contributed by atoms with Crippen molar-refractivity contribution in [1.29, 1.82) is 0 Å². The summed E-state index contributed by atoms with van der Waals surface area (Å²) in [6.45, 7) is 1.86. The van der Waals surface area contributed by atoms with Crippen molar-refractivity contribution in [3.05, 3.63) is 71.1 Å². The highest BCUT2D eigenvalue weighted by Gasteiger charge is 2.06. The van der Waals surface area contributed by atoms with Crippen LogP contribution in [0.1, 0.15) is 5.69 Å². The number of benzene rings is 2. The fourth-order valence-electron chi connectivity index (χ4n) is 2.09. The first-order valence-corrected chi connectivity index (χ1v) is 7.38. The lowest BCUT2D eigenvalue weighted by molar-refractivity contribution is 0.628. The molecule has 0 unspecified atom stereocenters. The van der Waals surface area contributed by atoms with Gasteiger partial charge in [0.15, 0.2) is 0 Å². The summed E-state index contributed by atoms with van der Waals surface area (Å²) >= 11 is 6.13. The van der Waals surface area contributed by atoms with Crippen LogP contribution in [0.4, 0.5) is 27.5 Å². The average Bonchev–Trinajstić information content (AvgIpc) is 2.49. The van der Waals surface area contributed by atoms with Crippen molar-refractivity contribution in [3.8, 4) is 0 Å². The standard InChI is InChI=1S/C17H14ClFN4/c1-11-9-16(21-13-6-4-5-12(19)10-13)23-17(20-11)22-15-8-3-2-7-14(15)18/h2-10H,1H3,(H2,20,21,22,23). The van der Waals surface area contributed by atoms with Gasteiger partial charge in [-0.25, -0.2) is 9.37 Å². The molecular formula is C17H14ClFN4. The van der Waals surface area contributed by atoms with E-state index in [0.717, 1.165) is 11.4 Å². The van der Waals surface area contributed by atoms with Crippen molar-refractivity contribution in [3.63, 3.8) is 0 Å². The van der Waals surface area contributed by atoms with Crippen LogP contribution in [0.2, 0.25) is 5.02 Å². The maximum absolute atomic E-state index is 13.3. The quantitative estimate of drug-likeness (QED) is 0.702. The molecule has 3 rings (SSSR count). The second kappa shape index (κ2) is 6.62. The minimum Gasteiger partial charge on any atom is -0.340 e. The summed E-state index contributed by atoms with van der Waals surface area (Å²) in [7, 11) is 0. The first-order chi connectivity index (χ1) is 11.1. The van der Waals surface area contributed by atoms with Gasteiger partial charge in [0.2, 0.25) is 5.95 Å². The number of nitrogens with zero attached hydrogens (tertiary/aromatic N) is 2.